The highest BCUT2D eigenvalue weighted by molar-refractivity contribution is 6.03. The normalized spacial score (nSPS) is 15.4. The number of oxazole rings is 1. The van der Waals surface area contributed by atoms with Crippen molar-refractivity contribution in [2.24, 2.45) is 13.0 Å². The van der Waals surface area contributed by atoms with Crippen LogP contribution in [0.1, 0.15) is 65.5 Å². The minimum absolute atomic E-state index is 0.0744. The van der Waals surface area contributed by atoms with E-state index < -0.39 is 30.0 Å². The first-order valence-electron chi connectivity index (χ1n) is 20.1. The first-order valence-corrected chi connectivity index (χ1v) is 20.1. The number of carbonyl (C=O) groups is 3. The molecule has 1 atom stereocenters. The van der Waals surface area contributed by atoms with E-state index in [0.29, 0.717) is 73.4 Å². The Morgan fingerprint density at radius 3 is 2.46 bits per heavy atom. The predicted molar refractivity (Wildman–Crippen MR) is 220 cm³/mol. The molecule has 2 aromatic carbocycles. The van der Waals surface area contributed by atoms with Gasteiger partial charge >= 0.3 is 5.69 Å². The summed E-state index contributed by atoms with van der Waals surface area (Å²) in [6, 6.07) is 15.6. The van der Waals surface area contributed by atoms with Gasteiger partial charge in [0.15, 0.2) is 11.4 Å². The second kappa shape index (κ2) is 18.4. The number of benzene rings is 2. The van der Waals surface area contributed by atoms with E-state index in [4.69, 9.17) is 9.15 Å². The molecule has 2 aliphatic rings. The number of imide groups is 1. The molecule has 19 heteroatoms. The van der Waals surface area contributed by atoms with Crippen molar-refractivity contribution in [3.63, 3.8) is 0 Å². The topological polar surface area (TPSA) is 204 Å². The van der Waals surface area contributed by atoms with Crippen LogP contribution in [0.5, 0.6) is 0 Å². The summed E-state index contributed by atoms with van der Waals surface area (Å²) in [5, 5.41) is 18.8. The summed E-state index contributed by atoms with van der Waals surface area (Å²) in [7, 11) is 1.67. The summed E-state index contributed by atoms with van der Waals surface area (Å²) in [5.41, 5.74) is 3.32. The van der Waals surface area contributed by atoms with Crippen LogP contribution in [0.25, 0.3) is 28.2 Å². The maximum absolute atomic E-state index is 14.0. The number of amides is 3. The number of anilines is 2. The number of nitrogens with one attached hydrogen (secondary N) is 5. The van der Waals surface area contributed by atoms with Gasteiger partial charge in [-0.3, -0.25) is 28.8 Å². The number of hydrogen-bond donors (Lipinski definition) is 5. The highest BCUT2D eigenvalue weighted by Gasteiger charge is 2.31. The van der Waals surface area contributed by atoms with E-state index in [2.05, 4.69) is 41.7 Å². The zero-order chi connectivity index (χ0) is 42.5. The zero-order valence-corrected chi connectivity index (χ0v) is 33.3. The molecule has 17 nitrogen and oxygen atoms in total. The number of piperidine rings is 1. The summed E-state index contributed by atoms with van der Waals surface area (Å²) >= 11 is 0. The molecule has 1 unspecified atom stereocenters. The van der Waals surface area contributed by atoms with E-state index in [1.165, 1.54) is 39.1 Å². The number of carbonyl (C=O) groups excluding carboxylic acids is 3. The summed E-state index contributed by atoms with van der Waals surface area (Å²) in [6.45, 7) is 4.12. The Bertz CT molecular complexity index is 2600. The number of pyridine rings is 1. The molecule has 318 valence electrons. The number of aromatic nitrogens is 6. The van der Waals surface area contributed by atoms with Gasteiger partial charge in [-0.2, -0.15) is 5.10 Å². The smallest absolute Gasteiger partial charge is 0.329 e. The average molecular weight is 838 g/mol. The van der Waals surface area contributed by atoms with Crippen molar-refractivity contribution < 1.29 is 32.3 Å². The average Bonchev–Trinajstić information content (AvgIpc) is 3.67. The summed E-state index contributed by atoms with van der Waals surface area (Å²) in [4.78, 5) is 58.7. The fourth-order valence-electron chi connectivity index (χ4n) is 7.08. The second-order valence-electron chi connectivity index (χ2n) is 15.1. The van der Waals surface area contributed by atoms with Crippen LogP contribution in [0.2, 0.25) is 0 Å². The third-order valence-electron chi connectivity index (χ3n) is 10.6. The molecule has 0 radical (unpaired) electrons. The minimum Gasteiger partial charge on any atom is -0.444 e. The molecule has 5 N–H and O–H groups in total. The van der Waals surface area contributed by atoms with Gasteiger partial charge in [0.05, 0.1) is 41.8 Å². The molecule has 1 aliphatic carbocycles. The maximum atomic E-state index is 14.0. The van der Waals surface area contributed by atoms with Crippen molar-refractivity contribution in [2.75, 3.05) is 43.5 Å². The van der Waals surface area contributed by atoms with Crippen LogP contribution in [0.3, 0.4) is 0 Å². The Hall–Kier alpha value is -6.57. The number of hydrogen-bond acceptors (Lipinski definition) is 12. The monoisotopic (exact) mass is 837 g/mol. The van der Waals surface area contributed by atoms with Gasteiger partial charge in [-0.1, -0.05) is 18.2 Å². The molecule has 1 saturated carbocycles. The summed E-state index contributed by atoms with van der Waals surface area (Å²) in [5.74, 6) is 0.0171. The molecular weight excluding hydrogens is 793 g/mol. The lowest BCUT2D eigenvalue weighted by Crippen LogP contribution is -2.44. The molecule has 6 aromatic rings. The van der Waals surface area contributed by atoms with Crippen LogP contribution in [0, 0.1) is 5.92 Å². The summed E-state index contributed by atoms with van der Waals surface area (Å²) < 4.78 is 43.6. The Morgan fingerprint density at radius 2 is 1.72 bits per heavy atom. The lowest BCUT2D eigenvalue weighted by molar-refractivity contribution is -0.135. The van der Waals surface area contributed by atoms with E-state index in [1.54, 1.807) is 37.5 Å². The van der Waals surface area contributed by atoms with Crippen LogP contribution in [0.15, 0.2) is 82.5 Å². The minimum atomic E-state index is -2.94. The van der Waals surface area contributed by atoms with Crippen molar-refractivity contribution in [3.8, 4) is 17.1 Å². The second-order valence-corrected chi connectivity index (χ2v) is 15.1. The number of fused-ring (bicyclic) bond motifs is 1. The molecule has 1 aliphatic heterocycles. The van der Waals surface area contributed by atoms with E-state index >= 15 is 0 Å². The predicted octanol–water partition coefficient (Wildman–Crippen LogP) is 4.46. The first-order chi connectivity index (χ1) is 29.6. The Labute approximate surface area is 347 Å². The molecule has 5 heterocycles. The highest BCUT2D eigenvalue weighted by atomic mass is 19.3. The van der Waals surface area contributed by atoms with Crippen LogP contribution < -0.4 is 32.3 Å². The molecule has 61 heavy (non-hydrogen) atoms. The number of halogens is 2. The number of rotatable bonds is 19. The van der Waals surface area contributed by atoms with E-state index in [-0.39, 0.29) is 41.7 Å². The van der Waals surface area contributed by atoms with Crippen molar-refractivity contribution in [1.82, 2.24) is 44.8 Å². The summed E-state index contributed by atoms with van der Waals surface area (Å²) in [6.07, 6.45) is 4.07. The SMILES string of the molecule is Cn1c(=O)n(C2CCC(=O)NC2=O)c2ccc(CNCCOCCNCc3ccc(-n4cc(NC(=O)c5coc(-c6ccnc(NCC7CC7)c6)n5)c(C(F)F)n4)cc3)cc21. The van der Waals surface area contributed by atoms with Crippen molar-refractivity contribution >= 4 is 40.3 Å². The highest BCUT2D eigenvalue weighted by Crippen LogP contribution is 2.30. The first kappa shape index (κ1) is 41.2. The molecule has 1 saturated heterocycles. The Kier molecular flexibility index (Phi) is 12.4. The van der Waals surface area contributed by atoms with Crippen LogP contribution in [0.4, 0.5) is 20.3 Å². The van der Waals surface area contributed by atoms with Gasteiger partial charge < -0.3 is 30.4 Å². The quantitative estimate of drug-likeness (QED) is 0.0567. The molecule has 0 bridgehead atoms. The zero-order valence-electron chi connectivity index (χ0n) is 33.3. The lowest BCUT2D eigenvalue weighted by Gasteiger charge is -2.21. The van der Waals surface area contributed by atoms with Gasteiger partial charge in [0.25, 0.3) is 12.3 Å². The Balaban J connectivity index is 0.760. The van der Waals surface area contributed by atoms with Gasteiger partial charge in [0.2, 0.25) is 17.7 Å². The number of ether oxygens (including phenoxy) is 1. The van der Waals surface area contributed by atoms with E-state index in [9.17, 15) is 28.0 Å². The van der Waals surface area contributed by atoms with Gasteiger partial charge in [-0.15, -0.1) is 0 Å². The van der Waals surface area contributed by atoms with Crippen LogP contribution >= 0.6 is 0 Å². The van der Waals surface area contributed by atoms with Gasteiger partial charge in [0, 0.05) is 58.0 Å². The molecule has 3 amide bonds. The van der Waals surface area contributed by atoms with E-state index in [1.807, 2.05) is 30.3 Å². The fourth-order valence-corrected chi connectivity index (χ4v) is 7.08. The Morgan fingerprint density at radius 1 is 0.967 bits per heavy atom. The molecule has 4 aromatic heterocycles. The number of alkyl halides is 2. The largest absolute Gasteiger partial charge is 0.444 e. The van der Waals surface area contributed by atoms with Crippen molar-refractivity contribution in [3.05, 3.63) is 106 Å². The standard InChI is InChI=1S/C42H45F2N11O6/c1-53-34-18-27(6-9-32(34)55(42(53)59)33-10-11-36(56)51-40(33)58)21-46-15-17-60-16-14-45-20-25-4-7-29(8-5-25)54-23-30(37(52-54)38(43)44)49-39(57)31-24-61-41(50-31)28-12-13-47-35(19-28)48-22-26-2-3-26/h4-9,12-13,18-19,23-24,26,33,38,45-46H,2-3,10-11,14-17,20-22H2,1H3,(H,47,48)(H,49,57)(H,51,56,58). The third kappa shape index (κ3) is 9.74. The lowest BCUT2D eigenvalue weighted by atomic mass is 10.1. The number of imidazole rings is 1. The van der Waals surface area contributed by atoms with E-state index in [0.717, 1.165) is 17.7 Å². The number of nitrogens with zero attached hydrogens (tertiary/aromatic N) is 6. The van der Waals surface area contributed by atoms with Crippen molar-refractivity contribution in [1.29, 1.82) is 0 Å². The molecule has 2 fully saturated rings. The molecule has 0 spiro atoms. The van der Waals surface area contributed by atoms with Crippen LogP contribution in [-0.2, 0) is 34.5 Å². The van der Waals surface area contributed by atoms with Crippen LogP contribution in [-0.4, -0.2) is 79.5 Å². The maximum Gasteiger partial charge on any atom is 0.329 e. The third-order valence-corrected chi connectivity index (χ3v) is 10.6. The number of aryl methyl sites for hydroxylation is 1. The fraction of sp³-hybridized carbons (Fsp3) is 0.357. The molecular formula is C42H45F2N11O6. The van der Waals surface area contributed by atoms with Crippen molar-refractivity contribution in [2.45, 2.75) is 51.2 Å². The van der Waals surface area contributed by atoms with Gasteiger partial charge in [-0.05, 0) is 72.7 Å². The van der Waals surface area contributed by atoms with Gasteiger partial charge in [0.1, 0.15) is 18.1 Å². The van der Waals surface area contributed by atoms with Gasteiger partial charge in [-0.25, -0.2) is 28.2 Å². The molecule has 8 rings (SSSR count).